The fourth-order valence-electron chi connectivity index (χ4n) is 3.22. The predicted molar refractivity (Wildman–Crippen MR) is 113 cm³/mol. The van der Waals surface area contributed by atoms with Crippen LogP contribution in [-0.2, 0) is 0 Å². The van der Waals surface area contributed by atoms with Gasteiger partial charge in [-0.1, -0.05) is 53.2 Å². The van der Waals surface area contributed by atoms with Crippen molar-refractivity contribution in [3.63, 3.8) is 0 Å². The number of benzene rings is 2. The Bertz CT molecular complexity index is 759. The average molecular weight is 431 g/mol. The van der Waals surface area contributed by atoms with Crippen LogP contribution in [0.2, 0.25) is 0 Å². The molecule has 1 atom stereocenters. The van der Waals surface area contributed by atoms with Crippen LogP contribution in [0.15, 0.2) is 59.1 Å². The molecule has 0 aromatic heterocycles. The van der Waals surface area contributed by atoms with Gasteiger partial charge in [0.05, 0.1) is 6.04 Å². The van der Waals surface area contributed by atoms with E-state index in [-0.39, 0.29) is 11.9 Å². The first-order valence-electron chi connectivity index (χ1n) is 9.02. The molecule has 1 saturated carbocycles. The fourth-order valence-corrected chi connectivity index (χ4v) is 3.78. The van der Waals surface area contributed by atoms with Crippen molar-refractivity contribution >= 4 is 39.2 Å². The van der Waals surface area contributed by atoms with Gasteiger partial charge >= 0.3 is 0 Å². The van der Waals surface area contributed by atoms with Crippen molar-refractivity contribution in [1.82, 2.24) is 10.2 Å². The molecule has 0 aliphatic heterocycles. The summed E-state index contributed by atoms with van der Waals surface area (Å²) in [5.74, 6) is 0.441. The molecule has 26 heavy (non-hydrogen) atoms. The minimum atomic E-state index is -0.151. The number of hydrogen-bond donors (Lipinski definition) is 1. The molecule has 0 spiro atoms. The maximum atomic E-state index is 12.5. The number of hydrogen-bond acceptors (Lipinski definition) is 2. The predicted octanol–water partition coefficient (Wildman–Crippen LogP) is 5.33. The van der Waals surface area contributed by atoms with E-state index >= 15 is 0 Å². The normalized spacial score (nSPS) is 14.5. The van der Waals surface area contributed by atoms with Crippen molar-refractivity contribution in [2.45, 2.75) is 32.2 Å². The van der Waals surface area contributed by atoms with Gasteiger partial charge in [-0.05, 0) is 67.2 Å². The third-order valence-electron chi connectivity index (χ3n) is 4.60. The van der Waals surface area contributed by atoms with E-state index in [9.17, 15) is 4.79 Å². The number of halogens is 1. The quantitative estimate of drug-likeness (QED) is 0.628. The van der Waals surface area contributed by atoms with Crippen molar-refractivity contribution in [2.75, 3.05) is 6.54 Å². The summed E-state index contributed by atoms with van der Waals surface area (Å²) in [4.78, 5) is 14.7. The third kappa shape index (κ3) is 4.71. The number of carbonyl (C=O) groups is 1. The number of thiocarbonyl (C=S) groups is 1. The molecule has 3 rings (SSSR count). The first-order valence-corrected chi connectivity index (χ1v) is 10.2. The summed E-state index contributed by atoms with van der Waals surface area (Å²) in [6.45, 7) is 2.96. The van der Waals surface area contributed by atoms with Gasteiger partial charge in [0.2, 0.25) is 0 Å². The number of nitrogens with one attached hydrogen (secondary N) is 1. The van der Waals surface area contributed by atoms with Gasteiger partial charge in [-0.2, -0.15) is 0 Å². The molecule has 1 amide bonds. The molecule has 0 heterocycles. The first kappa shape index (κ1) is 19.1. The summed E-state index contributed by atoms with van der Waals surface area (Å²) in [5, 5.41) is 3.45. The molecular weight excluding hydrogens is 408 g/mol. The summed E-state index contributed by atoms with van der Waals surface area (Å²) in [6.07, 6.45) is 3.38. The molecule has 1 unspecified atom stereocenters. The lowest BCUT2D eigenvalue weighted by Crippen LogP contribution is -2.45. The standard InChI is InChI=1S/C21H23BrN2OS/c1-2-14-24(21(26)23-20(25)17-6-4-3-5-7-17)19(15-8-9-15)16-10-12-18(22)13-11-16/h3-7,10-13,15,19H,2,8-9,14H2,1H3,(H,23,25,26). The van der Waals surface area contributed by atoms with Gasteiger partial charge in [0.1, 0.15) is 0 Å². The molecule has 0 radical (unpaired) electrons. The highest BCUT2D eigenvalue weighted by atomic mass is 79.9. The van der Waals surface area contributed by atoms with Gasteiger partial charge in [-0.25, -0.2) is 0 Å². The van der Waals surface area contributed by atoms with Crippen LogP contribution in [-0.4, -0.2) is 22.5 Å². The van der Waals surface area contributed by atoms with E-state index in [0.29, 0.717) is 16.6 Å². The molecule has 0 saturated heterocycles. The van der Waals surface area contributed by atoms with Gasteiger partial charge in [-0.15, -0.1) is 0 Å². The topological polar surface area (TPSA) is 32.3 Å². The maximum absolute atomic E-state index is 12.5. The Morgan fingerprint density at radius 2 is 1.85 bits per heavy atom. The van der Waals surface area contributed by atoms with Crippen LogP contribution in [0, 0.1) is 5.92 Å². The number of nitrogens with zero attached hydrogens (tertiary/aromatic N) is 1. The molecular formula is C21H23BrN2OS. The van der Waals surface area contributed by atoms with Crippen molar-refractivity contribution in [2.24, 2.45) is 5.92 Å². The number of rotatable bonds is 6. The monoisotopic (exact) mass is 430 g/mol. The van der Waals surface area contributed by atoms with Crippen molar-refractivity contribution in [3.05, 3.63) is 70.2 Å². The first-order chi connectivity index (χ1) is 12.6. The van der Waals surface area contributed by atoms with Gasteiger partial charge in [0.25, 0.3) is 5.91 Å². The fraction of sp³-hybridized carbons (Fsp3) is 0.333. The summed E-state index contributed by atoms with van der Waals surface area (Å²) < 4.78 is 1.07. The lowest BCUT2D eigenvalue weighted by atomic mass is 10.0. The van der Waals surface area contributed by atoms with E-state index in [1.165, 1.54) is 18.4 Å². The molecule has 1 fully saturated rings. The van der Waals surface area contributed by atoms with Crippen LogP contribution in [0.3, 0.4) is 0 Å². The zero-order valence-electron chi connectivity index (χ0n) is 14.8. The lowest BCUT2D eigenvalue weighted by Gasteiger charge is -2.34. The maximum Gasteiger partial charge on any atom is 0.257 e. The Balaban J connectivity index is 1.80. The van der Waals surface area contributed by atoms with Crippen LogP contribution in [0.1, 0.15) is 48.1 Å². The van der Waals surface area contributed by atoms with E-state index < -0.39 is 0 Å². The van der Waals surface area contributed by atoms with Gasteiger partial charge in [-0.3, -0.25) is 10.1 Å². The van der Waals surface area contributed by atoms with Crippen molar-refractivity contribution in [3.8, 4) is 0 Å². The minimum absolute atomic E-state index is 0.151. The molecule has 3 nitrogen and oxygen atoms in total. The molecule has 1 aliphatic rings. The van der Waals surface area contributed by atoms with Crippen LogP contribution in [0.25, 0.3) is 0 Å². The Hall–Kier alpha value is -1.72. The molecule has 2 aromatic carbocycles. The Labute approximate surface area is 168 Å². The van der Waals surface area contributed by atoms with E-state index in [1.54, 1.807) is 12.1 Å². The third-order valence-corrected chi connectivity index (χ3v) is 5.46. The highest BCUT2D eigenvalue weighted by molar-refractivity contribution is 9.10. The van der Waals surface area contributed by atoms with Crippen LogP contribution < -0.4 is 5.32 Å². The summed E-state index contributed by atoms with van der Waals surface area (Å²) in [6, 6.07) is 17.9. The number of carbonyl (C=O) groups excluding carboxylic acids is 1. The summed E-state index contributed by atoms with van der Waals surface area (Å²) in [7, 11) is 0. The second-order valence-electron chi connectivity index (χ2n) is 6.65. The van der Waals surface area contributed by atoms with E-state index in [1.807, 2.05) is 18.2 Å². The van der Waals surface area contributed by atoms with Crippen LogP contribution in [0.5, 0.6) is 0 Å². The number of amides is 1. The highest BCUT2D eigenvalue weighted by Crippen LogP contribution is 2.45. The SMILES string of the molecule is CCCN(C(=S)NC(=O)c1ccccc1)C(c1ccc(Br)cc1)C1CC1. The molecule has 1 aliphatic carbocycles. The van der Waals surface area contributed by atoms with Crippen LogP contribution in [0.4, 0.5) is 0 Å². The molecule has 5 heteroatoms. The second-order valence-corrected chi connectivity index (χ2v) is 7.95. The zero-order valence-corrected chi connectivity index (χ0v) is 17.2. The summed E-state index contributed by atoms with van der Waals surface area (Å²) in [5.41, 5.74) is 1.87. The van der Waals surface area contributed by atoms with E-state index in [0.717, 1.165) is 17.4 Å². The van der Waals surface area contributed by atoms with Crippen molar-refractivity contribution in [1.29, 1.82) is 0 Å². The van der Waals surface area contributed by atoms with Gasteiger partial charge < -0.3 is 4.90 Å². The van der Waals surface area contributed by atoms with E-state index in [4.69, 9.17) is 12.2 Å². The smallest absolute Gasteiger partial charge is 0.257 e. The van der Waals surface area contributed by atoms with Gasteiger partial charge in [0, 0.05) is 16.6 Å². The average Bonchev–Trinajstić information content (AvgIpc) is 3.48. The second kappa shape index (κ2) is 8.78. The lowest BCUT2D eigenvalue weighted by molar-refractivity contribution is 0.0970. The Morgan fingerprint density at radius 3 is 2.42 bits per heavy atom. The van der Waals surface area contributed by atoms with E-state index in [2.05, 4.69) is 57.3 Å². The Kier molecular flexibility index (Phi) is 6.43. The van der Waals surface area contributed by atoms with Crippen molar-refractivity contribution < 1.29 is 4.79 Å². The largest absolute Gasteiger partial charge is 0.342 e. The van der Waals surface area contributed by atoms with Gasteiger partial charge in [0.15, 0.2) is 5.11 Å². The van der Waals surface area contributed by atoms with Crippen LogP contribution >= 0.6 is 28.1 Å². The molecule has 136 valence electrons. The summed E-state index contributed by atoms with van der Waals surface area (Å²) >= 11 is 9.16. The molecule has 0 bridgehead atoms. The highest BCUT2D eigenvalue weighted by Gasteiger charge is 2.37. The molecule has 1 N–H and O–H groups in total. The minimum Gasteiger partial charge on any atom is -0.342 e. The Morgan fingerprint density at radius 1 is 1.19 bits per heavy atom. The zero-order chi connectivity index (χ0) is 18.5. The molecule has 2 aromatic rings.